The summed E-state index contributed by atoms with van der Waals surface area (Å²) in [5.41, 5.74) is 2.31. The normalized spacial score (nSPS) is 12.8. The zero-order chi connectivity index (χ0) is 16.2. The van der Waals surface area contributed by atoms with Gasteiger partial charge in [-0.25, -0.2) is 17.8 Å². The maximum Gasteiger partial charge on any atom is 0.244 e. The molecule has 1 amide bonds. The van der Waals surface area contributed by atoms with Crippen LogP contribution >= 0.6 is 11.3 Å². The maximum absolute atomic E-state index is 13.5. The van der Waals surface area contributed by atoms with Crippen LogP contribution in [0.3, 0.4) is 0 Å². The highest BCUT2D eigenvalue weighted by molar-refractivity contribution is 7.89. The molecular weight excluding hydrogens is 329 g/mol. The number of nitrogens with one attached hydrogen (secondary N) is 2. The summed E-state index contributed by atoms with van der Waals surface area (Å²) in [5, 5.41) is 4.33. The third-order valence-electron chi connectivity index (χ3n) is 2.78. The Morgan fingerprint density at radius 3 is 2.77 bits per heavy atom. The van der Waals surface area contributed by atoms with Gasteiger partial charge in [-0.05, 0) is 19.1 Å². The Hall–Kier alpha value is -1.84. The van der Waals surface area contributed by atoms with E-state index in [1.165, 1.54) is 30.4 Å². The first kappa shape index (κ1) is 16.5. The van der Waals surface area contributed by atoms with E-state index in [9.17, 15) is 17.6 Å². The number of sulfonamides is 1. The number of amides is 1. The van der Waals surface area contributed by atoms with Crippen molar-refractivity contribution in [2.75, 3.05) is 0 Å². The van der Waals surface area contributed by atoms with Crippen molar-refractivity contribution in [1.82, 2.24) is 15.0 Å². The van der Waals surface area contributed by atoms with Crippen LogP contribution in [0.25, 0.3) is 0 Å². The smallest absolute Gasteiger partial charge is 0.244 e. The quantitative estimate of drug-likeness (QED) is 0.827. The summed E-state index contributed by atoms with van der Waals surface area (Å²) in [5.74, 6) is -1.39. The Morgan fingerprint density at radius 1 is 1.41 bits per heavy atom. The lowest BCUT2D eigenvalue weighted by Gasteiger charge is -2.14. The molecule has 1 heterocycles. The van der Waals surface area contributed by atoms with Gasteiger partial charge < -0.3 is 5.32 Å². The zero-order valence-electron chi connectivity index (χ0n) is 11.6. The van der Waals surface area contributed by atoms with Gasteiger partial charge in [0.15, 0.2) is 0 Å². The molecule has 1 aromatic heterocycles. The highest BCUT2D eigenvalue weighted by atomic mass is 32.2. The van der Waals surface area contributed by atoms with Crippen molar-refractivity contribution < 1.29 is 17.6 Å². The van der Waals surface area contributed by atoms with Gasteiger partial charge in [0.05, 0.1) is 23.8 Å². The molecule has 0 radical (unpaired) electrons. The van der Waals surface area contributed by atoms with Crippen molar-refractivity contribution in [2.24, 2.45) is 0 Å². The van der Waals surface area contributed by atoms with Crippen LogP contribution in [-0.2, 0) is 21.4 Å². The van der Waals surface area contributed by atoms with Crippen LogP contribution in [0, 0.1) is 5.82 Å². The Morgan fingerprint density at radius 2 is 2.14 bits per heavy atom. The van der Waals surface area contributed by atoms with Crippen LogP contribution in [-0.4, -0.2) is 25.4 Å². The summed E-state index contributed by atoms with van der Waals surface area (Å²) in [4.78, 5) is 15.4. The lowest BCUT2D eigenvalue weighted by molar-refractivity contribution is -0.122. The topological polar surface area (TPSA) is 88.2 Å². The number of nitrogens with zero attached hydrogens (tertiary/aromatic N) is 1. The van der Waals surface area contributed by atoms with Crippen LogP contribution < -0.4 is 10.0 Å². The van der Waals surface area contributed by atoms with E-state index in [1.54, 1.807) is 10.9 Å². The minimum Gasteiger partial charge on any atom is -0.349 e. The average molecular weight is 343 g/mol. The molecule has 1 aromatic carbocycles. The predicted octanol–water partition coefficient (Wildman–Crippen LogP) is 1.27. The predicted molar refractivity (Wildman–Crippen MR) is 80.1 cm³/mol. The molecule has 0 fully saturated rings. The Bertz CT molecular complexity index is 748. The van der Waals surface area contributed by atoms with E-state index in [-0.39, 0.29) is 6.54 Å². The fraction of sp³-hybridized carbons (Fsp3) is 0.231. The number of halogens is 1. The summed E-state index contributed by atoms with van der Waals surface area (Å²) < 4.78 is 39.8. The summed E-state index contributed by atoms with van der Waals surface area (Å²) >= 11 is 1.39. The number of benzene rings is 1. The zero-order valence-corrected chi connectivity index (χ0v) is 13.2. The average Bonchev–Trinajstić information content (AvgIpc) is 2.97. The summed E-state index contributed by atoms with van der Waals surface area (Å²) in [6, 6.07) is 3.94. The monoisotopic (exact) mass is 343 g/mol. The molecule has 0 saturated carbocycles. The standard InChI is InChI=1S/C13H14FN3O3S2/c1-9(13(18)15-6-10-7-21-8-16-10)17-22(19,20)12-5-3-2-4-11(12)14/h2-5,7-9,17H,6H2,1H3,(H,15,18)/t9-/m0/s1. The van der Waals surface area contributed by atoms with Gasteiger partial charge in [0.1, 0.15) is 10.7 Å². The van der Waals surface area contributed by atoms with E-state index in [0.29, 0.717) is 5.69 Å². The molecule has 0 aliphatic heterocycles. The minimum absolute atomic E-state index is 0.202. The molecule has 1 atom stereocenters. The number of carbonyl (C=O) groups excluding carboxylic acids is 1. The van der Waals surface area contributed by atoms with Crippen molar-refractivity contribution in [3.8, 4) is 0 Å². The van der Waals surface area contributed by atoms with E-state index in [4.69, 9.17) is 0 Å². The van der Waals surface area contributed by atoms with Gasteiger partial charge in [0.2, 0.25) is 15.9 Å². The Labute approximate surface area is 131 Å². The largest absolute Gasteiger partial charge is 0.349 e. The van der Waals surface area contributed by atoms with Gasteiger partial charge in [-0.15, -0.1) is 11.3 Å². The Kier molecular flexibility index (Phi) is 5.22. The molecule has 0 bridgehead atoms. The molecule has 0 spiro atoms. The molecule has 2 aromatic rings. The minimum atomic E-state index is -4.11. The lowest BCUT2D eigenvalue weighted by Crippen LogP contribution is -2.44. The van der Waals surface area contributed by atoms with Gasteiger partial charge >= 0.3 is 0 Å². The molecule has 0 aliphatic carbocycles. The summed E-state index contributed by atoms with van der Waals surface area (Å²) in [6.07, 6.45) is 0. The van der Waals surface area contributed by atoms with Crippen molar-refractivity contribution in [2.45, 2.75) is 24.4 Å². The van der Waals surface area contributed by atoms with E-state index in [2.05, 4.69) is 15.0 Å². The van der Waals surface area contributed by atoms with Crippen LogP contribution in [0.4, 0.5) is 4.39 Å². The first-order chi connectivity index (χ1) is 10.4. The molecule has 2 N–H and O–H groups in total. The molecule has 22 heavy (non-hydrogen) atoms. The number of hydrogen-bond donors (Lipinski definition) is 2. The van der Waals surface area contributed by atoms with Crippen LogP contribution in [0.5, 0.6) is 0 Å². The van der Waals surface area contributed by atoms with Gasteiger partial charge in [-0.1, -0.05) is 12.1 Å². The number of hydrogen-bond acceptors (Lipinski definition) is 5. The first-order valence-corrected chi connectivity index (χ1v) is 8.74. The molecule has 6 nitrogen and oxygen atoms in total. The van der Waals surface area contributed by atoms with Crippen LogP contribution in [0.15, 0.2) is 40.1 Å². The van der Waals surface area contributed by atoms with Gasteiger partial charge in [0.25, 0.3) is 0 Å². The summed E-state index contributed by atoms with van der Waals surface area (Å²) in [7, 11) is -4.11. The highest BCUT2D eigenvalue weighted by Gasteiger charge is 2.24. The number of rotatable bonds is 6. The SMILES string of the molecule is C[C@H](NS(=O)(=O)c1ccccc1F)C(=O)NCc1cscn1. The third-order valence-corrected chi connectivity index (χ3v) is 4.99. The lowest BCUT2D eigenvalue weighted by atomic mass is 10.3. The molecule has 118 valence electrons. The number of carbonyl (C=O) groups is 1. The van der Waals surface area contributed by atoms with Gasteiger partial charge in [-0.2, -0.15) is 4.72 Å². The highest BCUT2D eigenvalue weighted by Crippen LogP contribution is 2.13. The van der Waals surface area contributed by atoms with E-state index >= 15 is 0 Å². The van der Waals surface area contributed by atoms with Crippen molar-refractivity contribution in [1.29, 1.82) is 0 Å². The van der Waals surface area contributed by atoms with E-state index < -0.39 is 32.7 Å². The van der Waals surface area contributed by atoms with Gasteiger partial charge in [-0.3, -0.25) is 4.79 Å². The van der Waals surface area contributed by atoms with Crippen molar-refractivity contribution in [3.05, 3.63) is 46.7 Å². The third kappa shape index (κ3) is 4.09. The van der Waals surface area contributed by atoms with Gasteiger partial charge in [0, 0.05) is 5.38 Å². The van der Waals surface area contributed by atoms with Crippen molar-refractivity contribution >= 4 is 27.3 Å². The van der Waals surface area contributed by atoms with E-state index in [1.807, 2.05) is 0 Å². The molecular formula is C13H14FN3O3S2. The molecule has 2 rings (SSSR count). The fourth-order valence-corrected chi connectivity index (χ4v) is 3.51. The molecule has 9 heteroatoms. The van der Waals surface area contributed by atoms with E-state index in [0.717, 1.165) is 12.1 Å². The molecule has 0 unspecified atom stereocenters. The second kappa shape index (κ2) is 6.95. The summed E-state index contributed by atoms with van der Waals surface area (Å²) in [6.45, 7) is 1.59. The van der Waals surface area contributed by atoms with Crippen molar-refractivity contribution in [3.63, 3.8) is 0 Å². The molecule has 0 saturated heterocycles. The first-order valence-electron chi connectivity index (χ1n) is 6.32. The number of aromatic nitrogens is 1. The van der Waals surface area contributed by atoms with Crippen LogP contribution in [0.1, 0.15) is 12.6 Å². The second-order valence-electron chi connectivity index (χ2n) is 4.47. The second-order valence-corrected chi connectivity index (χ2v) is 6.87. The fourth-order valence-electron chi connectivity index (χ4n) is 1.67. The maximum atomic E-state index is 13.5. The van der Waals surface area contributed by atoms with Crippen LogP contribution in [0.2, 0.25) is 0 Å². The Balaban J connectivity index is 1.99. The molecule has 0 aliphatic rings. The number of thiazole rings is 1.